The fraction of sp³-hybridized carbons (Fsp3) is 0.190. The second-order valence-electron chi connectivity index (χ2n) is 6.20. The van der Waals surface area contributed by atoms with Gasteiger partial charge in [0.1, 0.15) is 11.5 Å². The van der Waals surface area contributed by atoms with Gasteiger partial charge in [0.2, 0.25) is 0 Å². The van der Waals surface area contributed by atoms with Gasteiger partial charge in [-0.2, -0.15) is 0 Å². The lowest BCUT2D eigenvalue weighted by Crippen LogP contribution is -2.12. The number of aryl methyl sites for hydroxylation is 4. The molecular formula is C21H21NO2. The highest BCUT2D eigenvalue weighted by Crippen LogP contribution is 2.26. The second-order valence-corrected chi connectivity index (χ2v) is 6.20. The molecule has 0 atom stereocenters. The Bertz CT molecular complexity index is 889. The minimum Gasteiger partial charge on any atom is -0.461 e. The van der Waals surface area contributed by atoms with Gasteiger partial charge in [0.25, 0.3) is 5.91 Å². The molecule has 0 radical (unpaired) electrons. The van der Waals surface area contributed by atoms with Gasteiger partial charge in [0.15, 0.2) is 0 Å². The molecule has 1 N–H and O–H groups in total. The number of hydrogen-bond acceptors (Lipinski definition) is 2. The summed E-state index contributed by atoms with van der Waals surface area (Å²) in [5.74, 6) is 1.17. The molecule has 2 aromatic carbocycles. The monoisotopic (exact) mass is 319 g/mol. The molecule has 3 rings (SSSR count). The van der Waals surface area contributed by atoms with Crippen LogP contribution in [0.5, 0.6) is 0 Å². The number of benzene rings is 2. The van der Waals surface area contributed by atoms with Crippen molar-refractivity contribution in [2.24, 2.45) is 0 Å². The Morgan fingerprint density at radius 3 is 2.25 bits per heavy atom. The van der Waals surface area contributed by atoms with Crippen molar-refractivity contribution in [2.75, 3.05) is 5.32 Å². The van der Waals surface area contributed by atoms with E-state index in [4.69, 9.17) is 4.42 Å². The van der Waals surface area contributed by atoms with Crippen molar-refractivity contribution in [3.05, 3.63) is 76.5 Å². The summed E-state index contributed by atoms with van der Waals surface area (Å²) in [4.78, 5) is 12.6. The highest BCUT2D eigenvalue weighted by atomic mass is 16.3. The van der Waals surface area contributed by atoms with Crippen molar-refractivity contribution in [2.45, 2.75) is 27.7 Å². The van der Waals surface area contributed by atoms with E-state index in [2.05, 4.69) is 12.2 Å². The van der Waals surface area contributed by atoms with Crippen molar-refractivity contribution in [3.8, 4) is 11.3 Å². The van der Waals surface area contributed by atoms with Crippen molar-refractivity contribution >= 4 is 11.6 Å². The van der Waals surface area contributed by atoms with Gasteiger partial charge in [0.05, 0.1) is 5.56 Å². The number of rotatable bonds is 3. The van der Waals surface area contributed by atoms with Crippen LogP contribution in [-0.4, -0.2) is 5.91 Å². The Morgan fingerprint density at radius 1 is 0.875 bits per heavy atom. The minimum absolute atomic E-state index is 0.155. The highest BCUT2D eigenvalue weighted by Gasteiger charge is 2.16. The van der Waals surface area contributed by atoms with Crippen LogP contribution in [0.2, 0.25) is 0 Å². The van der Waals surface area contributed by atoms with Crippen LogP contribution in [0.3, 0.4) is 0 Å². The van der Waals surface area contributed by atoms with Crippen LogP contribution in [0, 0.1) is 27.7 Å². The zero-order valence-corrected chi connectivity index (χ0v) is 14.4. The molecule has 3 aromatic rings. The maximum Gasteiger partial charge on any atom is 0.259 e. The summed E-state index contributed by atoms with van der Waals surface area (Å²) in [6, 6.07) is 15.8. The second kappa shape index (κ2) is 6.36. The highest BCUT2D eigenvalue weighted by molar-refractivity contribution is 6.05. The lowest BCUT2D eigenvalue weighted by atomic mass is 10.1. The summed E-state index contributed by atoms with van der Waals surface area (Å²) < 4.78 is 5.78. The molecule has 3 nitrogen and oxygen atoms in total. The van der Waals surface area contributed by atoms with Gasteiger partial charge < -0.3 is 9.73 Å². The van der Waals surface area contributed by atoms with E-state index in [0.717, 1.165) is 16.8 Å². The van der Waals surface area contributed by atoms with Crippen LogP contribution in [0.4, 0.5) is 5.69 Å². The Hall–Kier alpha value is -2.81. The molecule has 0 saturated carbocycles. The average Bonchev–Trinajstić information content (AvgIpc) is 2.93. The third kappa shape index (κ3) is 3.25. The Balaban J connectivity index is 1.85. The summed E-state index contributed by atoms with van der Waals surface area (Å²) in [6.07, 6.45) is 0. The summed E-state index contributed by atoms with van der Waals surface area (Å²) in [5.41, 5.74) is 5.86. The van der Waals surface area contributed by atoms with E-state index < -0.39 is 0 Å². The molecule has 0 fully saturated rings. The first-order valence-corrected chi connectivity index (χ1v) is 8.00. The molecule has 0 aliphatic rings. The van der Waals surface area contributed by atoms with Crippen LogP contribution < -0.4 is 5.32 Å². The fourth-order valence-electron chi connectivity index (χ4n) is 2.59. The van der Waals surface area contributed by atoms with Crippen molar-refractivity contribution < 1.29 is 9.21 Å². The third-order valence-electron chi connectivity index (χ3n) is 4.26. The lowest BCUT2D eigenvalue weighted by molar-refractivity contribution is 0.102. The first kappa shape index (κ1) is 16.1. The van der Waals surface area contributed by atoms with E-state index in [1.165, 1.54) is 11.1 Å². The molecule has 0 unspecified atom stereocenters. The van der Waals surface area contributed by atoms with E-state index in [1.54, 1.807) is 6.07 Å². The molecule has 3 heteroatoms. The molecule has 1 heterocycles. The lowest BCUT2D eigenvalue weighted by Gasteiger charge is -2.07. The molecule has 0 aliphatic carbocycles. The quantitative estimate of drug-likeness (QED) is 0.699. The number of amides is 1. The number of carbonyl (C=O) groups is 1. The van der Waals surface area contributed by atoms with Crippen molar-refractivity contribution in [3.63, 3.8) is 0 Å². The third-order valence-corrected chi connectivity index (χ3v) is 4.26. The molecule has 0 aliphatic heterocycles. The minimum atomic E-state index is -0.155. The molecule has 0 spiro atoms. The van der Waals surface area contributed by atoms with Gasteiger partial charge in [-0.15, -0.1) is 0 Å². The van der Waals surface area contributed by atoms with Gasteiger partial charge in [0, 0.05) is 11.3 Å². The van der Waals surface area contributed by atoms with Crippen LogP contribution in [0.15, 0.2) is 52.9 Å². The van der Waals surface area contributed by atoms with Gasteiger partial charge in [-0.25, -0.2) is 0 Å². The van der Waals surface area contributed by atoms with E-state index in [9.17, 15) is 4.79 Å². The smallest absolute Gasteiger partial charge is 0.259 e. The van der Waals surface area contributed by atoms with E-state index in [1.807, 2.05) is 63.2 Å². The van der Waals surface area contributed by atoms with Crippen LogP contribution in [0.25, 0.3) is 11.3 Å². The largest absolute Gasteiger partial charge is 0.461 e. The topological polar surface area (TPSA) is 42.2 Å². The molecule has 1 aromatic heterocycles. The Kier molecular flexibility index (Phi) is 4.26. The number of nitrogens with one attached hydrogen (secondary N) is 1. The van der Waals surface area contributed by atoms with Crippen molar-refractivity contribution in [1.82, 2.24) is 0 Å². The maximum atomic E-state index is 12.6. The normalized spacial score (nSPS) is 10.7. The predicted octanol–water partition coefficient (Wildman–Crippen LogP) is 5.43. The molecule has 0 saturated heterocycles. The zero-order valence-electron chi connectivity index (χ0n) is 14.4. The predicted molar refractivity (Wildman–Crippen MR) is 97.5 cm³/mol. The molecule has 24 heavy (non-hydrogen) atoms. The Labute approximate surface area is 142 Å². The summed E-state index contributed by atoms with van der Waals surface area (Å²) in [5, 5.41) is 2.94. The number of anilines is 1. The van der Waals surface area contributed by atoms with E-state index >= 15 is 0 Å². The van der Waals surface area contributed by atoms with Crippen LogP contribution in [0.1, 0.15) is 32.8 Å². The standard InChI is InChI=1S/C21H21NO2/c1-13-5-8-17(9-6-13)20-12-19(16(4)24-20)21(23)22-18-10-7-14(2)15(3)11-18/h5-12H,1-4H3,(H,22,23). The van der Waals surface area contributed by atoms with Crippen LogP contribution in [-0.2, 0) is 0 Å². The van der Waals surface area contributed by atoms with Gasteiger partial charge in [-0.3, -0.25) is 4.79 Å². The molecule has 0 bridgehead atoms. The maximum absolute atomic E-state index is 12.6. The average molecular weight is 319 g/mol. The molecule has 1 amide bonds. The van der Waals surface area contributed by atoms with Gasteiger partial charge in [-0.1, -0.05) is 35.9 Å². The first-order chi connectivity index (χ1) is 11.4. The first-order valence-electron chi connectivity index (χ1n) is 8.00. The van der Waals surface area contributed by atoms with Crippen LogP contribution >= 0.6 is 0 Å². The molecular weight excluding hydrogens is 298 g/mol. The summed E-state index contributed by atoms with van der Waals surface area (Å²) in [6.45, 7) is 7.94. The zero-order chi connectivity index (χ0) is 17.3. The fourth-order valence-corrected chi connectivity index (χ4v) is 2.59. The van der Waals surface area contributed by atoms with E-state index in [0.29, 0.717) is 17.1 Å². The number of hydrogen-bond donors (Lipinski definition) is 1. The van der Waals surface area contributed by atoms with Gasteiger partial charge >= 0.3 is 0 Å². The number of furan rings is 1. The Morgan fingerprint density at radius 2 is 1.58 bits per heavy atom. The molecule has 122 valence electrons. The van der Waals surface area contributed by atoms with Gasteiger partial charge in [-0.05, 0) is 57.0 Å². The van der Waals surface area contributed by atoms with E-state index in [-0.39, 0.29) is 5.91 Å². The SMILES string of the molecule is Cc1ccc(-c2cc(C(=O)Nc3ccc(C)c(C)c3)c(C)o2)cc1. The summed E-state index contributed by atoms with van der Waals surface area (Å²) in [7, 11) is 0. The van der Waals surface area contributed by atoms with Crippen molar-refractivity contribution in [1.29, 1.82) is 0 Å². The number of carbonyl (C=O) groups excluding carboxylic acids is 1. The summed E-state index contributed by atoms with van der Waals surface area (Å²) >= 11 is 0.